The number of pyridine rings is 1. The van der Waals surface area contributed by atoms with E-state index in [1.807, 2.05) is 25.8 Å². The number of aromatic carboxylic acids is 1. The van der Waals surface area contributed by atoms with Gasteiger partial charge in [-0.1, -0.05) is 0 Å². The highest BCUT2D eigenvalue weighted by molar-refractivity contribution is 5.84. The molecule has 0 amide bonds. The molecule has 116 valence electrons. The highest BCUT2D eigenvalue weighted by Crippen LogP contribution is 2.25. The molecule has 0 radical (unpaired) electrons. The van der Waals surface area contributed by atoms with Crippen molar-refractivity contribution in [2.75, 3.05) is 19.1 Å². The van der Waals surface area contributed by atoms with Crippen molar-refractivity contribution in [2.45, 2.75) is 20.4 Å². The van der Waals surface area contributed by atoms with Gasteiger partial charge in [0.25, 0.3) is 0 Å². The first kappa shape index (κ1) is 15.7. The number of methoxy groups -OCH3 is 1. The van der Waals surface area contributed by atoms with Gasteiger partial charge in [0.15, 0.2) is 5.69 Å². The Morgan fingerprint density at radius 2 is 1.95 bits per heavy atom. The maximum Gasteiger partial charge on any atom is 0.356 e. The number of hydrogen-bond acceptors (Lipinski definition) is 6. The Balaban J connectivity index is 2.21. The first-order valence-corrected chi connectivity index (χ1v) is 6.69. The first-order valence-electron chi connectivity index (χ1n) is 6.69. The van der Waals surface area contributed by atoms with Crippen molar-refractivity contribution in [2.24, 2.45) is 0 Å². The van der Waals surface area contributed by atoms with Crippen LogP contribution in [0.25, 0.3) is 0 Å². The number of carbonyl (C=O) groups is 1. The molecule has 1 N–H and O–H groups in total. The normalized spacial score (nSPS) is 10.4. The van der Waals surface area contributed by atoms with Crippen LogP contribution in [-0.2, 0) is 6.54 Å². The molecule has 0 saturated carbocycles. The lowest BCUT2D eigenvalue weighted by molar-refractivity contribution is 0.0690. The van der Waals surface area contributed by atoms with Crippen LogP contribution in [0.4, 0.5) is 5.82 Å². The van der Waals surface area contributed by atoms with Crippen molar-refractivity contribution in [1.29, 1.82) is 0 Å². The average molecular weight is 302 g/mol. The van der Waals surface area contributed by atoms with Crippen LogP contribution in [0, 0.1) is 13.8 Å². The molecule has 7 nitrogen and oxygen atoms in total. The molecule has 2 heterocycles. The minimum Gasteiger partial charge on any atom is -0.496 e. The number of carboxylic acid groups (broad SMARTS) is 1. The summed E-state index contributed by atoms with van der Waals surface area (Å²) >= 11 is 0. The molecule has 2 aromatic rings. The Kier molecular flexibility index (Phi) is 4.55. The zero-order valence-electron chi connectivity index (χ0n) is 13.0. The van der Waals surface area contributed by atoms with Gasteiger partial charge in [-0.05, 0) is 13.8 Å². The van der Waals surface area contributed by atoms with Gasteiger partial charge >= 0.3 is 5.97 Å². The zero-order valence-corrected chi connectivity index (χ0v) is 13.0. The topological polar surface area (TPSA) is 88.4 Å². The summed E-state index contributed by atoms with van der Waals surface area (Å²) in [4.78, 5) is 25.0. The molecule has 2 aromatic heterocycles. The Hall–Kier alpha value is -2.70. The fraction of sp³-hybridized carbons (Fsp3) is 0.333. The van der Waals surface area contributed by atoms with Crippen LogP contribution in [0.5, 0.6) is 5.75 Å². The van der Waals surface area contributed by atoms with E-state index in [4.69, 9.17) is 9.84 Å². The van der Waals surface area contributed by atoms with Crippen molar-refractivity contribution < 1.29 is 14.6 Å². The molecule has 0 aromatic carbocycles. The molecule has 22 heavy (non-hydrogen) atoms. The lowest BCUT2D eigenvalue weighted by Gasteiger charge is -2.19. The molecule has 0 unspecified atom stereocenters. The summed E-state index contributed by atoms with van der Waals surface area (Å²) in [5, 5.41) is 8.83. The summed E-state index contributed by atoms with van der Waals surface area (Å²) in [6.45, 7) is 4.42. The van der Waals surface area contributed by atoms with E-state index in [-0.39, 0.29) is 5.69 Å². The van der Waals surface area contributed by atoms with Crippen molar-refractivity contribution in [3.63, 3.8) is 0 Å². The molecule has 0 bridgehead atoms. The summed E-state index contributed by atoms with van der Waals surface area (Å²) in [5.74, 6) is 0.305. The maximum atomic E-state index is 10.8. The minimum atomic E-state index is -1.09. The Morgan fingerprint density at radius 3 is 2.50 bits per heavy atom. The second-order valence-corrected chi connectivity index (χ2v) is 4.97. The van der Waals surface area contributed by atoms with Gasteiger partial charge in [-0.15, -0.1) is 0 Å². The molecule has 2 rings (SSSR count). The zero-order chi connectivity index (χ0) is 16.3. The number of aromatic nitrogens is 3. The van der Waals surface area contributed by atoms with E-state index in [2.05, 4.69) is 15.0 Å². The molecular formula is C15H18N4O3. The fourth-order valence-corrected chi connectivity index (χ4v) is 2.16. The molecule has 0 saturated heterocycles. The summed E-state index contributed by atoms with van der Waals surface area (Å²) in [6, 6.07) is 0. The standard InChI is InChI=1S/C15H18N4O3/c1-9-5-16-12(10(2)14(9)22-4)8-19(3)13-7-17-11(6-18-13)15(20)21/h5-7H,8H2,1-4H3,(H,20,21). The summed E-state index contributed by atoms with van der Waals surface area (Å²) < 4.78 is 5.39. The monoisotopic (exact) mass is 302 g/mol. The number of rotatable bonds is 5. The number of aryl methyl sites for hydroxylation is 1. The summed E-state index contributed by atoms with van der Waals surface area (Å²) in [7, 11) is 3.48. The van der Waals surface area contributed by atoms with Crippen molar-refractivity contribution in [1.82, 2.24) is 15.0 Å². The Bertz CT molecular complexity index is 686. The highest BCUT2D eigenvalue weighted by Gasteiger charge is 2.13. The Morgan fingerprint density at radius 1 is 1.23 bits per heavy atom. The summed E-state index contributed by atoms with van der Waals surface area (Å²) in [5.41, 5.74) is 2.75. The van der Waals surface area contributed by atoms with Crippen LogP contribution in [0.15, 0.2) is 18.6 Å². The largest absolute Gasteiger partial charge is 0.496 e. The van der Waals surface area contributed by atoms with Gasteiger partial charge in [-0.2, -0.15) is 0 Å². The SMILES string of the molecule is COc1c(C)cnc(CN(C)c2cnc(C(=O)O)cn2)c1C. The van der Waals surface area contributed by atoms with E-state index >= 15 is 0 Å². The van der Waals surface area contributed by atoms with Crippen molar-refractivity contribution in [3.05, 3.63) is 41.1 Å². The van der Waals surface area contributed by atoms with E-state index in [0.717, 1.165) is 22.6 Å². The van der Waals surface area contributed by atoms with Crippen molar-refractivity contribution in [3.8, 4) is 5.75 Å². The molecule has 7 heteroatoms. The third-order valence-corrected chi connectivity index (χ3v) is 3.39. The van der Waals surface area contributed by atoms with Crippen LogP contribution in [0.3, 0.4) is 0 Å². The molecular weight excluding hydrogens is 284 g/mol. The van der Waals surface area contributed by atoms with Gasteiger partial charge in [0, 0.05) is 24.4 Å². The quantitative estimate of drug-likeness (QED) is 0.901. The van der Waals surface area contributed by atoms with Crippen molar-refractivity contribution >= 4 is 11.8 Å². The lowest BCUT2D eigenvalue weighted by atomic mass is 10.1. The van der Waals surface area contributed by atoms with E-state index in [9.17, 15) is 4.79 Å². The number of anilines is 1. The molecule has 0 aliphatic rings. The van der Waals surface area contributed by atoms with Crippen LogP contribution in [-0.4, -0.2) is 40.2 Å². The number of hydrogen-bond donors (Lipinski definition) is 1. The second-order valence-electron chi connectivity index (χ2n) is 4.97. The molecule has 0 aliphatic heterocycles. The maximum absolute atomic E-state index is 10.8. The van der Waals surface area contributed by atoms with Gasteiger partial charge in [0.1, 0.15) is 11.6 Å². The lowest BCUT2D eigenvalue weighted by Crippen LogP contribution is -2.20. The molecule has 0 atom stereocenters. The average Bonchev–Trinajstić information content (AvgIpc) is 2.50. The van der Waals surface area contributed by atoms with Crippen LogP contribution in [0.2, 0.25) is 0 Å². The fourth-order valence-electron chi connectivity index (χ4n) is 2.16. The third kappa shape index (κ3) is 3.13. The predicted molar refractivity (Wildman–Crippen MR) is 81.4 cm³/mol. The number of nitrogens with zero attached hydrogens (tertiary/aromatic N) is 4. The molecule has 0 aliphatic carbocycles. The Labute approximate surface area is 128 Å². The third-order valence-electron chi connectivity index (χ3n) is 3.39. The van der Waals surface area contributed by atoms with Gasteiger partial charge in [0.05, 0.1) is 31.7 Å². The smallest absolute Gasteiger partial charge is 0.356 e. The summed E-state index contributed by atoms with van der Waals surface area (Å²) in [6.07, 6.45) is 4.45. The van der Waals surface area contributed by atoms with Gasteiger partial charge in [-0.25, -0.2) is 14.8 Å². The predicted octanol–water partition coefficient (Wildman–Crippen LogP) is 1.83. The van der Waals surface area contributed by atoms with Gasteiger partial charge in [-0.3, -0.25) is 4.98 Å². The number of carboxylic acids is 1. The van der Waals surface area contributed by atoms with E-state index in [1.165, 1.54) is 12.4 Å². The van der Waals surface area contributed by atoms with E-state index in [0.29, 0.717) is 12.4 Å². The first-order chi connectivity index (χ1) is 10.4. The number of ether oxygens (including phenoxy) is 1. The minimum absolute atomic E-state index is 0.0801. The van der Waals surface area contributed by atoms with Gasteiger partial charge in [0.2, 0.25) is 0 Å². The highest BCUT2D eigenvalue weighted by atomic mass is 16.5. The molecule has 0 spiro atoms. The second kappa shape index (κ2) is 6.38. The van der Waals surface area contributed by atoms with Crippen LogP contribution in [0.1, 0.15) is 27.3 Å². The van der Waals surface area contributed by atoms with Gasteiger partial charge < -0.3 is 14.7 Å². The van der Waals surface area contributed by atoms with Crippen LogP contribution < -0.4 is 9.64 Å². The van der Waals surface area contributed by atoms with Crippen LogP contribution >= 0.6 is 0 Å². The van der Waals surface area contributed by atoms with E-state index < -0.39 is 5.97 Å². The molecule has 0 fully saturated rings. The van der Waals surface area contributed by atoms with E-state index in [1.54, 1.807) is 13.3 Å².